The first-order chi connectivity index (χ1) is 13.7. The van der Waals surface area contributed by atoms with Crippen LogP contribution in [-0.2, 0) is 16.1 Å². The Balaban J connectivity index is 1.68. The van der Waals surface area contributed by atoms with Crippen molar-refractivity contribution in [3.8, 4) is 11.4 Å². The Morgan fingerprint density at radius 2 is 1.71 bits per heavy atom. The molecule has 3 aromatic rings. The average Bonchev–Trinajstić information content (AvgIpc) is 3.15. The SMILES string of the molecule is CCCCC(=O)Nc1ccccc1-c1nnn(CC(=O)Nc2ccccc2)n1. The third-order valence-electron chi connectivity index (χ3n) is 3.99. The Bertz CT molecular complexity index is 939. The third kappa shape index (κ3) is 5.23. The zero-order chi connectivity index (χ0) is 19.8. The van der Waals surface area contributed by atoms with Crippen LogP contribution in [0.25, 0.3) is 11.4 Å². The van der Waals surface area contributed by atoms with Crippen molar-refractivity contribution in [2.24, 2.45) is 0 Å². The minimum Gasteiger partial charge on any atom is -0.325 e. The number of benzene rings is 2. The summed E-state index contributed by atoms with van der Waals surface area (Å²) < 4.78 is 0. The number of tetrazole rings is 1. The van der Waals surface area contributed by atoms with E-state index >= 15 is 0 Å². The summed E-state index contributed by atoms with van der Waals surface area (Å²) in [6, 6.07) is 16.4. The standard InChI is InChI=1S/C20H22N6O2/c1-2-3-13-18(27)22-17-12-8-7-11-16(17)20-23-25-26(24-20)14-19(28)21-15-9-5-4-6-10-15/h4-12H,2-3,13-14H2,1H3,(H,21,28)(H,22,27). The van der Waals surface area contributed by atoms with Gasteiger partial charge < -0.3 is 10.6 Å². The Morgan fingerprint density at radius 3 is 2.50 bits per heavy atom. The van der Waals surface area contributed by atoms with Gasteiger partial charge in [-0.05, 0) is 35.9 Å². The van der Waals surface area contributed by atoms with Gasteiger partial charge in [0.1, 0.15) is 6.54 Å². The molecule has 0 unspecified atom stereocenters. The van der Waals surface area contributed by atoms with Crippen LogP contribution < -0.4 is 10.6 Å². The molecule has 0 atom stereocenters. The van der Waals surface area contributed by atoms with E-state index in [0.717, 1.165) is 12.8 Å². The van der Waals surface area contributed by atoms with Crippen molar-refractivity contribution in [3.63, 3.8) is 0 Å². The minimum absolute atomic E-state index is 0.0519. The average molecular weight is 378 g/mol. The topological polar surface area (TPSA) is 102 Å². The fraction of sp³-hybridized carbons (Fsp3) is 0.250. The number of carbonyl (C=O) groups excluding carboxylic acids is 2. The van der Waals surface area contributed by atoms with E-state index in [0.29, 0.717) is 29.2 Å². The summed E-state index contributed by atoms with van der Waals surface area (Å²) in [5.41, 5.74) is 1.98. The number of hydrogen-bond acceptors (Lipinski definition) is 5. The molecule has 8 heteroatoms. The van der Waals surface area contributed by atoms with Gasteiger partial charge in [-0.1, -0.05) is 43.7 Å². The molecule has 0 aliphatic heterocycles. The maximum atomic E-state index is 12.1. The van der Waals surface area contributed by atoms with Gasteiger partial charge in [0.2, 0.25) is 17.6 Å². The van der Waals surface area contributed by atoms with Gasteiger partial charge in [0.15, 0.2) is 0 Å². The summed E-state index contributed by atoms with van der Waals surface area (Å²) in [6.07, 6.45) is 2.25. The van der Waals surface area contributed by atoms with Crippen molar-refractivity contribution in [2.75, 3.05) is 10.6 Å². The molecule has 1 heterocycles. The molecule has 8 nitrogen and oxygen atoms in total. The zero-order valence-corrected chi connectivity index (χ0v) is 15.6. The van der Waals surface area contributed by atoms with Gasteiger partial charge >= 0.3 is 0 Å². The van der Waals surface area contributed by atoms with Crippen LogP contribution in [0.4, 0.5) is 11.4 Å². The number of carbonyl (C=O) groups is 2. The smallest absolute Gasteiger partial charge is 0.248 e. The molecule has 2 aromatic carbocycles. The molecule has 0 aliphatic rings. The molecule has 0 fully saturated rings. The van der Waals surface area contributed by atoms with Gasteiger partial charge in [-0.15, -0.1) is 10.2 Å². The Hall–Kier alpha value is -3.55. The second-order valence-electron chi connectivity index (χ2n) is 6.25. The van der Waals surface area contributed by atoms with Gasteiger partial charge in [-0.25, -0.2) is 0 Å². The van der Waals surface area contributed by atoms with E-state index in [1.54, 1.807) is 24.3 Å². The highest BCUT2D eigenvalue weighted by Gasteiger charge is 2.14. The number of nitrogens with zero attached hydrogens (tertiary/aromatic N) is 4. The lowest BCUT2D eigenvalue weighted by molar-refractivity contribution is -0.117. The molecule has 1 aromatic heterocycles. The molecule has 0 bridgehead atoms. The molecule has 0 saturated carbocycles. The van der Waals surface area contributed by atoms with Crippen LogP contribution in [0, 0.1) is 0 Å². The monoisotopic (exact) mass is 378 g/mol. The largest absolute Gasteiger partial charge is 0.325 e. The van der Waals surface area contributed by atoms with Crippen LogP contribution >= 0.6 is 0 Å². The molecule has 144 valence electrons. The second kappa shape index (κ2) is 9.40. The van der Waals surface area contributed by atoms with E-state index in [1.165, 1.54) is 4.80 Å². The van der Waals surface area contributed by atoms with E-state index in [9.17, 15) is 9.59 Å². The summed E-state index contributed by atoms with van der Waals surface area (Å²) >= 11 is 0. The molecule has 0 spiro atoms. The lowest BCUT2D eigenvalue weighted by Crippen LogP contribution is -2.20. The molecule has 2 amide bonds. The summed E-state index contributed by atoms with van der Waals surface area (Å²) in [6.45, 7) is 1.98. The lowest BCUT2D eigenvalue weighted by atomic mass is 10.1. The Morgan fingerprint density at radius 1 is 0.964 bits per heavy atom. The van der Waals surface area contributed by atoms with E-state index in [1.807, 2.05) is 37.3 Å². The van der Waals surface area contributed by atoms with Crippen LogP contribution in [0.2, 0.25) is 0 Å². The number of nitrogens with one attached hydrogen (secondary N) is 2. The van der Waals surface area contributed by atoms with Gasteiger partial charge in [0.05, 0.1) is 5.69 Å². The molecule has 2 N–H and O–H groups in total. The van der Waals surface area contributed by atoms with Crippen molar-refractivity contribution in [1.82, 2.24) is 20.2 Å². The van der Waals surface area contributed by atoms with Crippen LogP contribution in [-0.4, -0.2) is 32.0 Å². The third-order valence-corrected chi connectivity index (χ3v) is 3.99. The number of amides is 2. The molecule has 28 heavy (non-hydrogen) atoms. The molecular formula is C20H22N6O2. The van der Waals surface area contributed by atoms with E-state index in [4.69, 9.17) is 0 Å². The Kier molecular flexibility index (Phi) is 6.46. The van der Waals surface area contributed by atoms with Gasteiger partial charge in [-0.3, -0.25) is 9.59 Å². The number of hydrogen-bond donors (Lipinski definition) is 2. The summed E-state index contributed by atoms with van der Waals surface area (Å²) in [7, 11) is 0. The molecule has 3 rings (SSSR count). The fourth-order valence-corrected chi connectivity index (χ4v) is 2.61. The number of unbranched alkanes of at least 4 members (excludes halogenated alkanes) is 1. The highest BCUT2D eigenvalue weighted by atomic mass is 16.2. The lowest BCUT2D eigenvalue weighted by Gasteiger charge is -2.08. The quantitative estimate of drug-likeness (QED) is 0.627. The molecule has 0 aliphatic carbocycles. The summed E-state index contributed by atoms with van der Waals surface area (Å²) in [5, 5.41) is 17.9. The highest BCUT2D eigenvalue weighted by Crippen LogP contribution is 2.24. The number of aromatic nitrogens is 4. The Labute approximate surface area is 163 Å². The maximum Gasteiger partial charge on any atom is 0.248 e. The summed E-state index contributed by atoms with van der Waals surface area (Å²) in [5.74, 6) is 0.0409. The first-order valence-electron chi connectivity index (χ1n) is 9.17. The van der Waals surface area contributed by atoms with Gasteiger partial charge in [-0.2, -0.15) is 4.80 Å². The molecule has 0 saturated heterocycles. The second-order valence-corrected chi connectivity index (χ2v) is 6.25. The fourth-order valence-electron chi connectivity index (χ4n) is 2.61. The predicted octanol–water partition coefficient (Wildman–Crippen LogP) is 3.11. The first-order valence-corrected chi connectivity index (χ1v) is 9.17. The zero-order valence-electron chi connectivity index (χ0n) is 15.6. The van der Waals surface area contributed by atoms with Crippen molar-refractivity contribution >= 4 is 23.2 Å². The van der Waals surface area contributed by atoms with Crippen LogP contribution in [0.1, 0.15) is 26.2 Å². The van der Waals surface area contributed by atoms with Crippen LogP contribution in [0.15, 0.2) is 54.6 Å². The van der Waals surface area contributed by atoms with E-state index in [-0.39, 0.29) is 18.4 Å². The highest BCUT2D eigenvalue weighted by molar-refractivity contribution is 5.94. The van der Waals surface area contributed by atoms with Crippen LogP contribution in [0.5, 0.6) is 0 Å². The summed E-state index contributed by atoms with van der Waals surface area (Å²) in [4.78, 5) is 25.4. The maximum absolute atomic E-state index is 12.1. The molecular weight excluding hydrogens is 356 g/mol. The van der Waals surface area contributed by atoms with Crippen molar-refractivity contribution in [3.05, 3.63) is 54.6 Å². The van der Waals surface area contributed by atoms with Gasteiger partial charge in [0, 0.05) is 17.7 Å². The number of anilines is 2. The van der Waals surface area contributed by atoms with Crippen LogP contribution in [0.3, 0.4) is 0 Å². The van der Waals surface area contributed by atoms with Crippen molar-refractivity contribution < 1.29 is 9.59 Å². The van der Waals surface area contributed by atoms with Gasteiger partial charge in [0.25, 0.3) is 0 Å². The minimum atomic E-state index is -0.253. The van der Waals surface area contributed by atoms with Crippen molar-refractivity contribution in [2.45, 2.75) is 32.7 Å². The normalized spacial score (nSPS) is 10.5. The first kappa shape index (κ1) is 19.2. The van der Waals surface area contributed by atoms with E-state index in [2.05, 4.69) is 26.0 Å². The van der Waals surface area contributed by atoms with E-state index < -0.39 is 0 Å². The number of para-hydroxylation sites is 2. The molecule has 0 radical (unpaired) electrons. The predicted molar refractivity (Wildman–Crippen MR) is 106 cm³/mol. The number of rotatable bonds is 8. The van der Waals surface area contributed by atoms with Crippen molar-refractivity contribution in [1.29, 1.82) is 0 Å².